The number of nitrogens with zero attached hydrogens (tertiary/aromatic N) is 1. The molecule has 0 unspecified atom stereocenters. The predicted molar refractivity (Wildman–Crippen MR) is 180 cm³/mol. The fraction of sp³-hybridized carbons (Fsp3) is 0.385. The first-order chi connectivity index (χ1) is 21.1. The fourth-order valence-corrected chi connectivity index (χ4v) is 5.90. The SMILES string of the molecule is CCC(CC)C(=O)/C=C(\O)C(CC)CC.Cc1[c-]c(-c2nccc3cc(CC(C)C)ccc23)c2oc3cc(F)ccc3c2c1.[Ir]. The van der Waals surface area contributed by atoms with Crippen LogP contribution in [0.3, 0.4) is 0 Å². The first-order valence-electron chi connectivity index (χ1n) is 16.0. The summed E-state index contributed by atoms with van der Waals surface area (Å²) < 4.78 is 19.8. The molecule has 0 aliphatic rings. The molecule has 5 rings (SSSR count). The van der Waals surface area contributed by atoms with E-state index in [4.69, 9.17) is 4.42 Å². The third kappa shape index (κ3) is 8.48. The number of aryl methyl sites for hydroxylation is 1. The van der Waals surface area contributed by atoms with Gasteiger partial charge in [-0.2, -0.15) is 0 Å². The number of carbonyl (C=O) groups is 1. The smallest absolute Gasteiger partial charge is 0.162 e. The molecule has 0 saturated heterocycles. The fourth-order valence-electron chi connectivity index (χ4n) is 5.90. The van der Waals surface area contributed by atoms with E-state index in [1.165, 1.54) is 23.8 Å². The summed E-state index contributed by atoms with van der Waals surface area (Å²) >= 11 is 0. The number of aromatic nitrogens is 1. The number of hydrogen-bond donors (Lipinski definition) is 1. The van der Waals surface area contributed by atoms with Crippen molar-refractivity contribution < 1.29 is 38.8 Å². The van der Waals surface area contributed by atoms with E-state index in [0.29, 0.717) is 17.1 Å². The molecule has 3 aromatic carbocycles. The zero-order valence-electron chi connectivity index (χ0n) is 27.5. The second-order valence-corrected chi connectivity index (χ2v) is 12.1. The van der Waals surface area contributed by atoms with Crippen molar-refractivity contribution in [3.05, 3.63) is 89.6 Å². The molecule has 2 heterocycles. The molecule has 0 saturated carbocycles. The van der Waals surface area contributed by atoms with Crippen LogP contribution < -0.4 is 0 Å². The number of benzene rings is 3. The second kappa shape index (κ2) is 16.3. The van der Waals surface area contributed by atoms with Gasteiger partial charge in [0.15, 0.2) is 5.78 Å². The summed E-state index contributed by atoms with van der Waals surface area (Å²) in [6.45, 7) is 14.5. The van der Waals surface area contributed by atoms with Gasteiger partial charge in [-0.3, -0.25) is 4.79 Å². The van der Waals surface area contributed by atoms with Crippen molar-refractivity contribution in [2.45, 2.75) is 80.6 Å². The molecule has 241 valence electrons. The van der Waals surface area contributed by atoms with Crippen molar-refractivity contribution in [2.75, 3.05) is 0 Å². The summed E-state index contributed by atoms with van der Waals surface area (Å²) in [5.74, 6) is 0.848. The van der Waals surface area contributed by atoms with Crippen molar-refractivity contribution in [3.63, 3.8) is 0 Å². The predicted octanol–water partition coefficient (Wildman–Crippen LogP) is 11.1. The minimum absolute atomic E-state index is 0. The number of halogens is 1. The minimum Gasteiger partial charge on any atom is -0.512 e. The van der Waals surface area contributed by atoms with Gasteiger partial charge in [-0.15, -0.1) is 17.7 Å². The molecule has 0 atom stereocenters. The van der Waals surface area contributed by atoms with Crippen LogP contribution in [0.25, 0.3) is 44.0 Å². The van der Waals surface area contributed by atoms with Crippen molar-refractivity contribution in [1.29, 1.82) is 0 Å². The molecule has 1 radical (unpaired) electrons. The molecule has 0 aliphatic heterocycles. The number of carbonyl (C=O) groups excluding carboxylic acids is 1. The van der Waals surface area contributed by atoms with Gasteiger partial charge in [0.2, 0.25) is 0 Å². The maximum absolute atomic E-state index is 13.7. The van der Waals surface area contributed by atoms with Gasteiger partial charge in [-0.25, -0.2) is 4.39 Å². The van der Waals surface area contributed by atoms with Crippen LogP contribution in [0.15, 0.2) is 71.0 Å². The maximum atomic E-state index is 13.7. The summed E-state index contributed by atoms with van der Waals surface area (Å²) in [7, 11) is 0. The van der Waals surface area contributed by atoms with E-state index in [1.54, 1.807) is 6.07 Å². The average molecular weight is 787 g/mol. The molecular weight excluding hydrogens is 742 g/mol. The standard InChI is InChI=1S/C26H21FNO.C13H24O2.Ir/c1-15(2)10-17-4-6-20-18(13-17)8-9-28-25(20)23-12-16(3)11-22-21-7-5-19(27)14-24(21)29-26(22)23;1-5-10(6-2)12(14)9-13(15)11(7-3)8-4;/h4-9,11,13-15H,10H2,1-3H3;9-11,14H,5-8H2,1-4H3;/q-1;;/b;12-9-;. The van der Waals surface area contributed by atoms with Gasteiger partial charge in [0.05, 0.1) is 11.3 Å². The van der Waals surface area contributed by atoms with E-state index in [2.05, 4.69) is 43.1 Å². The van der Waals surface area contributed by atoms with Gasteiger partial charge in [-0.1, -0.05) is 77.6 Å². The Kier molecular flexibility index (Phi) is 13.1. The first kappa shape index (κ1) is 36.1. The Morgan fingerprint density at radius 2 is 1.60 bits per heavy atom. The zero-order valence-corrected chi connectivity index (χ0v) is 29.9. The monoisotopic (exact) mass is 787 g/mol. The minimum atomic E-state index is -0.306. The van der Waals surface area contributed by atoms with E-state index in [0.717, 1.165) is 70.5 Å². The summed E-state index contributed by atoms with van der Waals surface area (Å²) in [5, 5.41) is 13.8. The summed E-state index contributed by atoms with van der Waals surface area (Å²) in [5.41, 5.74) is 5.21. The van der Waals surface area contributed by atoms with Crippen molar-refractivity contribution in [1.82, 2.24) is 4.98 Å². The van der Waals surface area contributed by atoms with Crippen LogP contribution in [0.1, 0.15) is 78.4 Å². The quantitative estimate of drug-likeness (QED) is 0.0870. The third-order valence-electron chi connectivity index (χ3n) is 8.39. The number of fused-ring (bicyclic) bond motifs is 4. The van der Waals surface area contributed by atoms with Crippen LogP contribution in [-0.4, -0.2) is 15.9 Å². The van der Waals surface area contributed by atoms with E-state index < -0.39 is 0 Å². The Bertz CT molecular complexity index is 1780. The Labute approximate surface area is 280 Å². The van der Waals surface area contributed by atoms with Crippen LogP contribution in [0.4, 0.5) is 4.39 Å². The second-order valence-electron chi connectivity index (χ2n) is 12.1. The molecule has 0 aliphatic carbocycles. The van der Waals surface area contributed by atoms with E-state index in [1.807, 2.05) is 52.9 Å². The van der Waals surface area contributed by atoms with Gasteiger partial charge in [0, 0.05) is 55.7 Å². The van der Waals surface area contributed by atoms with Crippen LogP contribution in [0.5, 0.6) is 0 Å². The molecule has 45 heavy (non-hydrogen) atoms. The van der Waals surface area contributed by atoms with Crippen molar-refractivity contribution in [3.8, 4) is 11.3 Å². The molecule has 4 nitrogen and oxygen atoms in total. The molecule has 2 aromatic heterocycles. The maximum Gasteiger partial charge on any atom is 0.162 e. The van der Waals surface area contributed by atoms with E-state index in [-0.39, 0.29) is 49.3 Å². The van der Waals surface area contributed by atoms with E-state index in [9.17, 15) is 14.3 Å². The molecule has 1 N–H and O–H groups in total. The number of pyridine rings is 1. The van der Waals surface area contributed by atoms with Gasteiger partial charge in [0.25, 0.3) is 0 Å². The summed E-state index contributed by atoms with van der Waals surface area (Å²) in [4.78, 5) is 16.4. The first-order valence-corrected chi connectivity index (χ1v) is 16.0. The van der Waals surface area contributed by atoms with Gasteiger partial charge in [0.1, 0.15) is 11.4 Å². The number of ketones is 1. The molecular formula is C39H45FIrNO3-. The zero-order chi connectivity index (χ0) is 32.0. The normalized spacial score (nSPS) is 11.8. The Hall–Kier alpha value is -3.34. The number of aliphatic hydroxyl groups excluding tert-OH is 1. The summed E-state index contributed by atoms with van der Waals surface area (Å²) in [6, 6.07) is 18.7. The van der Waals surface area contributed by atoms with E-state index >= 15 is 0 Å². The molecule has 0 amide bonds. The Balaban J connectivity index is 0.000000297. The van der Waals surface area contributed by atoms with Gasteiger partial charge < -0.3 is 14.5 Å². The molecule has 0 fully saturated rings. The number of rotatable bonds is 10. The Morgan fingerprint density at radius 1 is 0.933 bits per heavy atom. The average Bonchev–Trinajstić information content (AvgIpc) is 3.34. The Morgan fingerprint density at radius 3 is 2.24 bits per heavy atom. The molecule has 0 spiro atoms. The third-order valence-corrected chi connectivity index (χ3v) is 8.39. The molecule has 5 aromatic rings. The number of hydrogen-bond acceptors (Lipinski definition) is 4. The van der Waals surface area contributed by atoms with Crippen LogP contribution >= 0.6 is 0 Å². The number of furan rings is 1. The summed E-state index contributed by atoms with van der Waals surface area (Å²) in [6.07, 6.45) is 7.79. The van der Waals surface area contributed by atoms with Crippen molar-refractivity contribution >= 4 is 38.5 Å². The molecule has 6 heteroatoms. The largest absolute Gasteiger partial charge is 0.512 e. The molecule has 0 bridgehead atoms. The van der Waals surface area contributed by atoms with Crippen LogP contribution in [0.2, 0.25) is 0 Å². The van der Waals surface area contributed by atoms with Gasteiger partial charge in [-0.05, 0) is 78.3 Å². The number of allylic oxidation sites excluding steroid dienone is 2. The topological polar surface area (TPSA) is 63.3 Å². The van der Waals surface area contributed by atoms with Crippen molar-refractivity contribution in [2.24, 2.45) is 17.8 Å². The number of aliphatic hydroxyl groups is 1. The van der Waals surface area contributed by atoms with Crippen LogP contribution in [-0.2, 0) is 31.3 Å². The van der Waals surface area contributed by atoms with Gasteiger partial charge >= 0.3 is 0 Å². The van der Waals surface area contributed by atoms with Crippen LogP contribution in [0, 0.1) is 36.6 Å².